The van der Waals surface area contributed by atoms with Crippen molar-refractivity contribution in [3.8, 4) is 6.07 Å². The van der Waals surface area contributed by atoms with E-state index in [9.17, 15) is 18.4 Å². The van der Waals surface area contributed by atoms with Gasteiger partial charge in [0.1, 0.15) is 11.6 Å². The van der Waals surface area contributed by atoms with E-state index in [1.165, 1.54) is 6.07 Å². The minimum atomic E-state index is -2.92. The largest absolute Gasteiger partial charge is 0.465 e. The molecule has 1 aromatic heterocycles. The molecule has 0 aliphatic rings. The number of pyridine rings is 1. The van der Waals surface area contributed by atoms with Gasteiger partial charge in [0.15, 0.2) is 0 Å². The summed E-state index contributed by atoms with van der Waals surface area (Å²) in [4.78, 5) is 24.2. The average Bonchev–Trinajstić information content (AvgIpc) is 2.26. The van der Waals surface area contributed by atoms with Gasteiger partial charge in [-0.15, -0.1) is 0 Å². The third kappa shape index (κ3) is 2.06. The van der Waals surface area contributed by atoms with Crippen molar-refractivity contribution in [1.82, 2.24) is 4.98 Å². The summed E-state index contributed by atoms with van der Waals surface area (Å²) < 4.78 is 28.8. The molecule has 0 aromatic carbocycles. The molecule has 0 fully saturated rings. The van der Waals surface area contributed by atoms with Crippen LogP contribution in [0, 0.1) is 11.3 Å². The van der Waals surface area contributed by atoms with E-state index in [0.717, 1.165) is 13.2 Å². The van der Waals surface area contributed by atoms with Crippen molar-refractivity contribution < 1.29 is 18.3 Å². The van der Waals surface area contributed by atoms with Gasteiger partial charge >= 0.3 is 5.97 Å². The molecule has 0 aliphatic carbocycles. The summed E-state index contributed by atoms with van der Waals surface area (Å²) in [7, 11) is 1.02. The number of alkyl halides is 2. The van der Waals surface area contributed by atoms with E-state index < -0.39 is 34.8 Å². The molecule has 1 N–H and O–H groups in total. The summed E-state index contributed by atoms with van der Waals surface area (Å²) in [6.07, 6.45) is -2.92. The zero-order valence-electron chi connectivity index (χ0n) is 8.08. The van der Waals surface area contributed by atoms with E-state index >= 15 is 0 Å². The highest BCUT2D eigenvalue weighted by Crippen LogP contribution is 2.17. The number of nitrogens with one attached hydrogen (secondary N) is 1. The fraction of sp³-hybridized carbons (Fsp3) is 0.222. The van der Waals surface area contributed by atoms with Crippen LogP contribution in [0.1, 0.15) is 28.0 Å². The first kappa shape index (κ1) is 11.8. The van der Waals surface area contributed by atoms with Gasteiger partial charge in [-0.25, -0.2) is 13.6 Å². The molecule has 0 unspecified atom stereocenters. The van der Waals surface area contributed by atoms with Crippen molar-refractivity contribution in [3.63, 3.8) is 0 Å². The maximum Gasteiger partial charge on any atom is 0.344 e. The zero-order valence-corrected chi connectivity index (χ0v) is 8.08. The molecule has 1 rings (SSSR count). The van der Waals surface area contributed by atoms with Crippen molar-refractivity contribution in [1.29, 1.82) is 5.26 Å². The van der Waals surface area contributed by atoms with Gasteiger partial charge < -0.3 is 9.72 Å². The van der Waals surface area contributed by atoms with Gasteiger partial charge in [0, 0.05) is 0 Å². The molecular weight excluding hydrogens is 222 g/mol. The molecule has 5 nitrogen and oxygen atoms in total. The average molecular weight is 228 g/mol. The standard InChI is InChI=1S/C9H6F2N2O3/c1-16-9(15)6-4(3-12)2-5(7(10)11)13-8(6)14/h2,7H,1H3,(H,13,14). The molecule has 0 spiro atoms. The normalized spacial score (nSPS) is 9.94. The zero-order chi connectivity index (χ0) is 12.3. The van der Waals surface area contributed by atoms with E-state index in [1.807, 2.05) is 4.98 Å². The number of aromatic nitrogens is 1. The van der Waals surface area contributed by atoms with Crippen LogP contribution in [0.3, 0.4) is 0 Å². The van der Waals surface area contributed by atoms with Crippen LogP contribution < -0.4 is 5.56 Å². The van der Waals surface area contributed by atoms with Crippen molar-refractivity contribution in [2.75, 3.05) is 7.11 Å². The van der Waals surface area contributed by atoms with Crippen molar-refractivity contribution in [3.05, 3.63) is 33.2 Å². The molecule has 0 radical (unpaired) electrons. The monoisotopic (exact) mass is 228 g/mol. The van der Waals surface area contributed by atoms with Crippen LogP contribution in [-0.4, -0.2) is 18.1 Å². The molecule has 84 valence electrons. The first-order valence-corrected chi connectivity index (χ1v) is 4.05. The summed E-state index contributed by atoms with van der Waals surface area (Å²) in [6.45, 7) is 0. The number of carbonyl (C=O) groups is 1. The third-order valence-corrected chi connectivity index (χ3v) is 1.80. The predicted molar refractivity (Wildman–Crippen MR) is 48.1 cm³/mol. The maximum absolute atomic E-state index is 12.3. The first-order chi connectivity index (χ1) is 7.51. The fourth-order valence-electron chi connectivity index (χ4n) is 1.09. The Morgan fingerprint density at radius 3 is 2.69 bits per heavy atom. The molecule has 0 aliphatic heterocycles. The number of methoxy groups -OCH3 is 1. The van der Waals surface area contributed by atoms with Crippen LogP contribution in [0.15, 0.2) is 10.9 Å². The Kier molecular flexibility index (Phi) is 3.35. The fourth-order valence-corrected chi connectivity index (χ4v) is 1.09. The highest BCUT2D eigenvalue weighted by Gasteiger charge is 2.20. The number of nitriles is 1. The molecule has 1 aromatic rings. The number of esters is 1. The molecule has 0 saturated carbocycles. The number of carbonyl (C=O) groups excluding carboxylic acids is 1. The second-order valence-electron chi connectivity index (χ2n) is 2.75. The molecule has 7 heteroatoms. The minimum absolute atomic E-state index is 0.439. The van der Waals surface area contributed by atoms with Gasteiger partial charge in [0.05, 0.1) is 18.4 Å². The Hall–Kier alpha value is -2.23. The number of aromatic amines is 1. The summed E-state index contributed by atoms with van der Waals surface area (Å²) in [5, 5.41) is 8.64. The summed E-state index contributed by atoms with van der Waals surface area (Å²) in [6, 6.07) is 2.24. The van der Waals surface area contributed by atoms with Gasteiger partial charge in [-0.05, 0) is 6.07 Å². The summed E-state index contributed by atoms with van der Waals surface area (Å²) in [5.41, 5.74) is -2.80. The third-order valence-electron chi connectivity index (χ3n) is 1.80. The first-order valence-electron chi connectivity index (χ1n) is 4.05. The van der Waals surface area contributed by atoms with Crippen molar-refractivity contribution in [2.24, 2.45) is 0 Å². The van der Waals surface area contributed by atoms with E-state index in [0.29, 0.717) is 0 Å². The quantitative estimate of drug-likeness (QED) is 0.764. The lowest BCUT2D eigenvalue weighted by Gasteiger charge is -2.04. The number of ether oxygens (including phenoxy) is 1. The van der Waals surface area contributed by atoms with E-state index in [1.54, 1.807) is 0 Å². The number of hydrogen-bond donors (Lipinski definition) is 1. The SMILES string of the molecule is COC(=O)c1c(C#N)cc(C(F)F)[nH]c1=O. The molecule has 1 heterocycles. The number of hydrogen-bond acceptors (Lipinski definition) is 4. The smallest absolute Gasteiger partial charge is 0.344 e. The predicted octanol–water partition coefficient (Wildman–Crippen LogP) is 0.971. The van der Waals surface area contributed by atoms with Crippen LogP contribution in [-0.2, 0) is 4.74 Å². The number of halogens is 2. The van der Waals surface area contributed by atoms with Gasteiger partial charge in [-0.3, -0.25) is 4.79 Å². The van der Waals surface area contributed by atoms with E-state index in [4.69, 9.17) is 5.26 Å². The molecule has 0 saturated heterocycles. The Bertz CT molecular complexity index is 516. The number of nitrogens with zero attached hydrogens (tertiary/aromatic N) is 1. The van der Waals surface area contributed by atoms with Crippen LogP contribution in [0.25, 0.3) is 0 Å². The molecular formula is C9H6F2N2O3. The Balaban J connectivity index is 3.48. The van der Waals surface area contributed by atoms with Gasteiger partial charge in [0.2, 0.25) is 0 Å². The lowest BCUT2D eigenvalue weighted by molar-refractivity contribution is 0.0597. The van der Waals surface area contributed by atoms with Crippen molar-refractivity contribution >= 4 is 5.97 Å². The maximum atomic E-state index is 12.3. The topological polar surface area (TPSA) is 82.9 Å². The highest BCUT2D eigenvalue weighted by atomic mass is 19.3. The van der Waals surface area contributed by atoms with Crippen molar-refractivity contribution in [2.45, 2.75) is 6.43 Å². The van der Waals surface area contributed by atoms with Gasteiger partial charge in [-0.2, -0.15) is 5.26 Å². The second-order valence-corrected chi connectivity index (χ2v) is 2.75. The van der Waals surface area contributed by atoms with E-state index in [-0.39, 0.29) is 0 Å². The number of rotatable bonds is 2. The Morgan fingerprint density at radius 2 is 2.25 bits per heavy atom. The Labute approximate surface area is 88.3 Å². The lowest BCUT2D eigenvalue weighted by atomic mass is 10.1. The Morgan fingerprint density at radius 1 is 1.62 bits per heavy atom. The molecule has 0 amide bonds. The van der Waals surface area contributed by atoms with E-state index in [2.05, 4.69) is 4.74 Å². The van der Waals surface area contributed by atoms with Crippen LogP contribution in [0.2, 0.25) is 0 Å². The lowest BCUT2D eigenvalue weighted by Crippen LogP contribution is -2.22. The molecule has 16 heavy (non-hydrogen) atoms. The van der Waals surface area contributed by atoms with Crippen LogP contribution in [0.4, 0.5) is 8.78 Å². The van der Waals surface area contributed by atoms with Gasteiger partial charge in [-0.1, -0.05) is 0 Å². The number of H-pyrrole nitrogens is 1. The highest BCUT2D eigenvalue weighted by molar-refractivity contribution is 5.91. The molecule has 0 bridgehead atoms. The summed E-state index contributed by atoms with van der Waals surface area (Å²) >= 11 is 0. The minimum Gasteiger partial charge on any atom is -0.465 e. The van der Waals surface area contributed by atoms with Crippen LogP contribution >= 0.6 is 0 Å². The van der Waals surface area contributed by atoms with Gasteiger partial charge in [0.25, 0.3) is 12.0 Å². The van der Waals surface area contributed by atoms with Crippen LogP contribution in [0.5, 0.6) is 0 Å². The second kappa shape index (κ2) is 4.53. The molecule has 0 atom stereocenters. The summed E-state index contributed by atoms with van der Waals surface area (Å²) in [5.74, 6) is -1.04.